The summed E-state index contributed by atoms with van der Waals surface area (Å²) in [5, 5.41) is 3.23. The van der Waals surface area contributed by atoms with Gasteiger partial charge in [-0.3, -0.25) is 0 Å². The third kappa shape index (κ3) is 3.98. The van der Waals surface area contributed by atoms with E-state index in [2.05, 4.69) is 5.32 Å². The van der Waals surface area contributed by atoms with E-state index in [9.17, 15) is 0 Å². The average molecular weight is 224 g/mol. The molecule has 1 aromatic rings. The lowest BCUT2D eigenvalue weighted by atomic mass is 10.2. The summed E-state index contributed by atoms with van der Waals surface area (Å²) in [5.41, 5.74) is 7.46. The molecule has 90 valence electrons. The third-order valence-electron chi connectivity index (χ3n) is 2.01. The van der Waals surface area contributed by atoms with Crippen LogP contribution in [-0.4, -0.2) is 26.4 Å². The summed E-state index contributed by atoms with van der Waals surface area (Å²) in [6.07, 6.45) is 0.122. The van der Waals surface area contributed by atoms with E-state index in [1.54, 1.807) is 7.11 Å². The Hall–Kier alpha value is -1.42. The Kier molecular flexibility index (Phi) is 4.92. The summed E-state index contributed by atoms with van der Waals surface area (Å²) in [4.78, 5) is 0. The Labute approximate surface area is 96.7 Å². The summed E-state index contributed by atoms with van der Waals surface area (Å²) >= 11 is 0. The minimum Gasteiger partial charge on any atom is -0.489 e. The lowest BCUT2D eigenvalue weighted by Gasteiger charge is -2.14. The van der Waals surface area contributed by atoms with Crippen molar-refractivity contribution in [1.82, 2.24) is 0 Å². The highest BCUT2D eigenvalue weighted by Crippen LogP contribution is 2.26. The van der Waals surface area contributed by atoms with E-state index in [0.717, 1.165) is 18.0 Å². The second-order valence-electron chi connectivity index (χ2n) is 3.84. The molecule has 0 heterocycles. The van der Waals surface area contributed by atoms with Crippen molar-refractivity contribution in [3.63, 3.8) is 0 Å². The van der Waals surface area contributed by atoms with Crippen LogP contribution in [0.25, 0.3) is 0 Å². The SMILES string of the molecule is COCCNc1ccc(N)c(OC(C)C)c1. The fourth-order valence-electron chi connectivity index (χ4n) is 1.30. The van der Waals surface area contributed by atoms with Crippen LogP contribution in [0.3, 0.4) is 0 Å². The third-order valence-corrected chi connectivity index (χ3v) is 2.01. The fourth-order valence-corrected chi connectivity index (χ4v) is 1.30. The molecule has 3 N–H and O–H groups in total. The quantitative estimate of drug-likeness (QED) is 0.574. The number of nitrogens with two attached hydrogens (primary N) is 1. The van der Waals surface area contributed by atoms with Crippen molar-refractivity contribution in [2.75, 3.05) is 31.3 Å². The van der Waals surface area contributed by atoms with Crippen LogP contribution in [0.4, 0.5) is 11.4 Å². The van der Waals surface area contributed by atoms with Gasteiger partial charge in [0.1, 0.15) is 5.75 Å². The highest BCUT2D eigenvalue weighted by molar-refractivity contribution is 5.61. The van der Waals surface area contributed by atoms with Gasteiger partial charge < -0.3 is 20.5 Å². The molecule has 0 saturated carbocycles. The minimum absolute atomic E-state index is 0.122. The lowest BCUT2D eigenvalue weighted by Crippen LogP contribution is -2.10. The lowest BCUT2D eigenvalue weighted by molar-refractivity contribution is 0.210. The van der Waals surface area contributed by atoms with Gasteiger partial charge in [0, 0.05) is 25.4 Å². The molecule has 0 aromatic heterocycles. The molecule has 0 amide bonds. The Morgan fingerprint density at radius 2 is 2.12 bits per heavy atom. The van der Waals surface area contributed by atoms with E-state index >= 15 is 0 Å². The van der Waals surface area contributed by atoms with Gasteiger partial charge in [0.25, 0.3) is 0 Å². The Bertz CT molecular complexity index is 327. The largest absolute Gasteiger partial charge is 0.489 e. The van der Waals surface area contributed by atoms with Gasteiger partial charge in [-0.15, -0.1) is 0 Å². The molecule has 0 aliphatic carbocycles. The minimum atomic E-state index is 0.122. The van der Waals surface area contributed by atoms with E-state index in [1.165, 1.54) is 0 Å². The first-order valence-electron chi connectivity index (χ1n) is 5.42. The molecular formula is C12H20N2O2. The monoisotopic (exact) mass is 224 g/mol. The second-order valence-corrected chi connectivity index (χ2v) is 3.84. The summed E-state index contributed by atoms with van der Waals surface area (Å²) in [6, 6.07) is 5.68. The molecule has 0 unspecified atom stereocenters. The van der Waals surface area contributed by atoms with Gasteiger partial charge in [0.15, 0.2) is 0 Å². The maximum absolute atomic E-state index is 5.82. The highest BCUT2D eigenvalue weighted by atomic mass is 16.5. The van der Waals surface area contributed by atoms with Crippen molar-refractivity contribution < 1.29 is 9.47 Å². The predicted octanol–water partition coefficient (Wildman–Crippen LogP) is 2.11. The van der Waals surface area contributed by atoms with E-state index in [-0.39, 0.29) is 6.10 Å². The number of hydrogen-bond donors (Lipinski definition) is 2. The zero-order valence-corrected chi connectivity index (χ0v) is 10.1. The predicted molar refractivity (Wildman–Crippen MR) is 67.0 cm³/mol. The van der Waals surface area contributed by atoms with Gasteiger partial charge in [0.2, 0.25) is 0 Å². The molecule has 1 rings (SSSR count). The van der Waals surface area contributed by atoms with Crippen molar-refractivity contribution in [3.8, 4) is 5.75 Å². The normalized spacial score (nSPS) is 10.5. The number of benzene rings is 1. The van der Waals surface area contributed by atoms with Gasteiger partial charge in [-0.1, -0.05) is 0 Å². The zero-order valence-electron chi connectivity index (χ0n) is 10.1. The van der Waals surface area contributed by atoms with Crippen LogP contribution < -0.4 is 15.8 Å². The molecule has 4 nitrogen and oxygen atoms in total. The summed E-state index contributed by atoms with van der Waals surface area (Å²) in [7, 11) is 1.68. The van der Waals surface area contributed by atoms with Gasteiger partial charge in [-0.25, -0.2) is 0 Å². The number of anilines is 2. The Morgan fingerprint density at radius 1 is 1.38 bits per heavy atom. The number of hydrogen-bond acceptors (Lipinski definition) is 4. The number of nitrogens with one attached hydrogen (secondary N) is 1. The van der Waals surface area contributed by atoms with Crippen LogP contribution in [0, 0.1) is 0 Å². The van der Waals surface area contributed by atoms with E-state index in [1.807, 2.05) is 32.0 Å². The van der Waals surface area contributed by atoms with Crippen LogP contribution in [0.5, 0.6) is 5.75 Å². The smallest absolute Gasteiger partial charge is 0.144 e. The molecule has 0 bridgehead atoms. The first-order chi connectivity index (χ1) is 7.63. The van der Waals surface area contributed by atoms with Crippen LogP contribution in [0.2, 0.25) is 0 Å². The van der Waals surface area contributed by atoms with E-state index in [0.29, 0.717) is 12.3 Å². The van der Waals surface area contributed by atoms with E-state index < -0.39 is 0 Å². The average Bonchev–Trinajstić information content (AvgIpc) is 2.22. The van der Waals surface area contributed by atoms with Crippen molar-refractivity contribution >= 4 is 11.4 Å². The standard InChI is InChI=1S/C12H20N2O2/c1-9(2)16-12-8-10(4-5-11(12)13)14-6-7-15-3/h4-5,8-9,14H,6-7,13H2,1-3H3. The first kappa shape index (κ1) is 12.6. The summed E-state index contributed by atoms with van der Waals surface area (Å²) < 4.78 is 10.6. The molecule has 0 spiro atoms. The molecule has 16 heavy (non-hydrogen) atoms. The molecule has 0 aliphatic rings. The fraction of sp³-hybridized carbons (Fsp3) is 0.500. The first-order valence-corrected chi connectivity index (χ1v) is 5.42. The summed E-state index contributed by atoms with van der Waals surface area (Å²) in [6.45, 7) is 5.39. The van der Waals surface area contributed by atoms with Gasteiger partial charge >= 0.3 is 0 Å². The molecule has 0 atom stereocenters. The molecule has 4 heteroatoms. The molecule has 0 aliphatic heterocycles. The maximum atomic E-state index is 5.82. The van der Waals surface area contributed by atoms with Crippen molar-refractivity contribution in [2.24, 2.45) is 0 Å². The number of rotatable bonds is 6. The highest BCUT2D eigenvalue weighted by Gasteiger charge is 2.04. The van der Waals surface area contributed by atoms with Gasteiger partial charge in [-0.05, 0) is 26.0 Å². The van der Waals surface area contributed by atoms with E-state index in [4.69, 9.17) is 15.2 Å². The second kappa shape index (κ2) is 6.23. The summed E-state index contributed by atoms with van der Waals surface area (Å²) in [5.74, 6) is 0.720. The number of ether oxygens (including phenoxy) is 2. The molecule has 0 fully saturated rings. The van der Waals surface area contributed by atoms with Crippen LogP contribution in [0.15, 0.2) is 18.2 Å². The topological polar surface area (TPSA) is 56.5 Å². The van der Waals surface area contributed by atoms with Crippen molar-refractivity contribution in [3.05, 3.63) is 18.2 Å². The molecular weight excluding hydrogens is 204 g/mol. The molecule has 0 radical (unpaired) electrons. The maximum Gasteiger partial charge on any atom is 0.144 e. The van der Waals surface area contributed by atoms with Crippen molar-refractivity contribution in [2.45, 2.75) is 20.0 Å². The van der Waals surface area contributed by atoms with Crippen LogP contribution in [0.1, 0.15) is 13.8 Å². The Balaban J connectivity index is 2.65. The number of nitrogen functional groups attached to an aromatic ring is 1. The Morgan fingerprint density at radius 3 is 2.75 bits per heavy atom. The zero-order chi connectivity index (χ0) is 12.0. The van der Waals surface area contributed by atoms with Crippen LogP contribution in [-0.2, 0) is 4.74 Å². The van der Waals surface area contributed by atoms with Gasteiger partial charge in [-0.2, -0.15) is 0 Å². The van der Waals surface area contributed by atoms with Gasteiger partial charge in [0.05, 0.1) is 18.4 Å². The molecule has 1 aromatic carbocycles. The van der Waals surface area contributed by atoms with Crippen LogP contribution >= 0.6 is 0 Å². The number of methoxy groups -OCH3 is 1. The molecule has 0 saturated heterocycles. The van der Waals surface area contributed by atoms with Crippen molar-refractivity contribution in [1.29, 1.82) is 0 Å².